The van der Waals surface area contributed by atoms with Gasteiger partial charge in [-0.05, 0) is 26.0 Å². The summed E-state index contributed by atoms with van der Waals surface area (Å²) in [5.74, 6) is 0.107. The minimum atomic E-state index is -0.162. The SMILES string of the molecule is Cc1nc2scc(C)n2c1C=NNC(=O)CSc1cccc2cccnc12. The average molecular weight is 396 g/mol. The van der Waals surface area contributed by atoms with Crippen LogP contribution in [0.2, 0.25) is 0 Å². The van der Waals surface area contributed by atoms with E-state index in [1.54, 1.807) is 23.7 Å². The number of hydrogen-bond donors (Lipinski definition) is 1. The number of carbonyl (C=O) groups is 1. The number of aromatic nitrogens is 3. The number of thiazole rings is 1. The molecule has 3 heterocycles. The molecular formula is C19H17N5OS2. The molecule has 0 fully saturated rings. The Kier molecular flexibility index (Phi) is 4.91. The number of carbonyl (C=O) groups excluding carboxylic acids is 1. The fraction of sp³-hybridized carbons (Fsp3) is 0.158. The highest BCUT2D eigenvalue weighted by atomic mass is 32.2. The molecule has 0 unspecified atom stereocenters. The molecular weight excluding hydrogens is 378 g/mol. The maximum atomic E-state index is 12.2. The van der Waals surface area contributed by atoms with Crippen molar-refractivity contribution in [2.75, 3.05) is 5.75 Å². The van der Waals surface area contributed by atoms with Crippen LogP contribution in [0.1, 0.15) is 17.1 Å². The summed E-state index contributed by atoms with van der Waals surface area (Å²) in [4.78, 5) is 23.0. The van der Waals surface area contributed by atoms with Gasteiger partial charge in [-0.3, -0.25) is 14.2 Å². The third-order valence-electron chi connectivity index (χ3n) is 4.08. The molecule has 0 radical (unpaired) electrons. The second-order valence-corrected chi connectivity index (χ2v) is 7.84. The van der Waals surface area contributed by atoms with Gasteiger partial charge in [0, 0.05) is 27.6 Å². The van der Waals surface area contributed by atoms with E-state index in [4.69, 9.17) is 0 Å². The zero-order valence-electron chi connectivity index (χ0n) is 14.8. The van der Waals surface area contributed by atoms with Crippen LogP contribution in [0.15, 0.2) is 51.9 Å². The molecule has 3 aromatic heterocycles. The van der Waals surface area contributed by atoms with Crippen LogP contribution in [0.3, 0.4) is 0 Å². The van der Waals surface area contributed by atoms with Crippen LogP contribution in [-0.2, 0) is 4.79 Å². The Morgan fingerprint density at radius 1 is 1.33 bits per heavy atom. The summed E-state index contributed by atoms with van der Waals surface area (Å²) in [6, 6.07) is 9.87. The van der Waals surface area contributed by atoms with E-state index in [1.165, 1.54) is 11.8 Å². The van der Waals surface area contributed by atoms with Crippen LogP contribution in [0.4, 0.5) is 0 Å². The zero-order valence-corrected chi connectivity index (χ0v) is 16.5. The topological polar surface area (TPSA) is 71.7 Å². The van der Waals surface area contributed by atoms with Crippen LogP contribution in [0, 0.1) is 13.8 Å². The molecule has 1 N–H and O–H groups in total. The molecule has 0 saturated carbocycles. The fourth-order valence-electron chi connectivity index (χ4n) is 2.81. The van der Waals surface area contributed by atoms with Crippen LogP contribution < -0.4 is 5.43 Å². The highest BCUT2D eigenvalue weighted by Crippen LogP contribution is 2.25. The van der Waals surface area contributed by atoms with Crippen molar-refractivity contribution in [1.29, 1.82) is 0 Å². The van der Waals surface area contributed by atoms with Gasteiger partial charge in [0.05, 0.1) is 28.9 Å². The number of hydrazone groups is 1. The third kappa shape index (κ3) is 3.58. The predicted octanol–water partition coefficient (Wildman–Crippen LogP) is 3.80. The molecule has 0 spiro atoms. The summed E-state index contributed by atoms with van der Waals surface area (Å²) in [6.45, 7) is 3.96. The molecule has 8 heteroatoms. The number of rotatable bonds is 5. The van der Waals surface area contributed by atoms with Crippen LogP contribution in [0.5, 0.6) is 0 Å². The van der Waals surface area contributed by atoms with Crippen molar-refractivity contribution >= 4 is 51.1 Å². The molecule has 27 heavy (non-hydrogen) atoms. The number of para-hydroxylation sites is 1. The first-order valence-corrected chi connectivity index (χ1v) is 10.2. The number of thioether (sulfide) groups is 1. The van der Waals surface area contributed by atoms with E-state index in [2.05, 4.69) is 20.5 Å². The second kappa shape index (κ2) is 7.50. The van der Waals surface area contributed by atoms with Crippen molar-refractivity contribution < 1.29 is 4.79 Å². The lowest BCUT2D eigenvalue weighted by atomic mass is 10.2. The Balaban J connectivity index is 1.41. The Morgan fingerprint density at radius 3 is 3.07 bits per heavy atom. The van der Waals surface area contributed by atoms with E-state index in [1.807, 2.05) is 54.0 Å². The Bertz CT molecular complexity index is 1160. The number of pyridine rings is 1. The van der Waals surface area contributed by atoms with Gasteiger partial charge in [0.1, 0.15) is 0 Å². The van der Waals surface area contributed by atoms with E-state index >= 15 is 0 Å². The molecule has 0 bridgehead atoms. The first-order valence-electron chi connectivity index (χ1n) is 8.35. The highest BCUT2D eigenvalue weighted by Gasteiger charge is 2.10. The molecule has 1 amide bonds. The lowest BCUT2D eigenvalue weighted by Gasteiger charge is -2.04. The standard InChI is InChI=1S/C19H17N5OS2/c1-12-10-27-19-22-13(2)15(24(12)19)9-21-23-17(25)11-26-16-7-3-5-14-6-4-8-20-18(14)16/h3-10H,11H2,1-2H3,(H,23,25). The van der Waals surface area contributed by atoms with Gasteiger partial charge in [-0.25, -0.2) is 10.4 Å². The van der Waals surface area contributed by atoms with Gasteiger partial charge in [-0.15, -0.1) is 23.1 Å². The van der Waals surface area contributed by atoms with Crippen molar-refractivity contribution in [3.8, 4) is 0 Å². The quantitative estimate of drug-likeness (QED) is 0.317. The van der Waals surface area contributed by atoms with Gasteiger partial charge in [0.2, 0.25) is 5.91 Å². The highest BCUT2D eigenvalue weighted by molar-refractivity contribution is 8.00. The molecule has 136 valence electrons. The molecule has 0 aliphatic rings. The zero-order chi connectivity index (χ0) is 18.8. The Hall–Kier alpha value is -2.71. The number of nitrogens with one attached hydrogen (secondary N) is 1. The van der Waals surface area contributed by atoms with Gasteiger partial charge in [-0.2, -0.15) is 5.10 Å². The van der Waals surface area contributed by atoms with Crippen molar-refractivity contribution in [2.24, 2.45) is 5.10 Å². The normalized spacial score (nSPS) is 11.6. The van der Waals surface area contributed by atoms with Crippen molar-refractivity contribution in [2.45, 2.75) is 18.7 Å². The summed E-state index contributed by atoms with van der Waals surface area (Å²) >= 11 is 3.04. The van der Waals surface area contributed by atoms with Crippen molar-refractivity contribution in [1.82, 2.24) is 19.8 Å². The van der Waals surface area contributed by atoms with Gasteiger partial charge in [0.15, 0.2) is 4.96 Å². The van der Waals surface area contributed by atoms with E-state index in [9.17, 15) is 4.79 Å². The number of imidazole rings is 1. The number of nitrogens with zero attached hydrogens (tertiary/aromatic N) is 4. The minimum absolute atomic E-state index is 0.162. The molecule has 0 aliphatic heterocycles. The lowest BCUT2D eigenvalue weighted by molar-refractivity contribution is -0.118. The second-order valence-electron chi connectivity index (χ2n) is 5.99. The van der Waals surface area contributed by atoms with E-state index < -0.39 is 0 Å². The molecule has 4 aromatic rings. The first kappa shape index (κ1) is 17.7. The van der Waals surface area contributed by atoms with Crippen LogP contribution >= 0.6 is 23.1 Å². The monoisotopic (exact) mass is 395 g/mol. The number of hydrogen-bond acceptors (Lipinski definition) is 6. The van der Waals surface area contributed by atoms with Crippen LogP contribution in [-0.4, -0.2) is 32.2 Å². The van der Waals surface area contributed by atoms with Gasteiger partial charge >= 0.3 is 0 Å². The molecule has 4 rings (SSSR count). The Morgan fingerprint density at radius 2 is 2.19 bits per heavy atom. The largest absolute Gasteiger partial charge is 0.286 e. The molecule has 0 saturated heterocycles. The minimum Gasteiger partial charge on any atom is -0.286 e. The summed E-state index contributed by atoms with van der Waals surface area (Å²) in [6.07, 6.45) is 3.41. The van der Waals surface area contributed by atoms with E-state index in [0.29, 0.717) is 0 Å². The number of benzene rings is 1. The van der Waals surface area contributed by atoms with Gasteiger partial charge in [0.25, 0.3) is 0 Å². The summed E-state index contributed by atoms with van der Waals surface area (Å²) in [5.41, 5.74) is 6.37. The number of fused-ring (bicyclic) bond motifs is 2. The lowest BCUT2D eigenvalue weighted by Crippen LogP contribution is -2.19. The van der Waals surface area contributed by atoms with Gasteiger partial charge < -0.3 is 0 Å². The molecule has 1 aromatic carbocycles. The van der Waals surface area contributed by atoms with Gasteiger partial charge in [-0.1, -0.05) is 18.2 Å². The first-order chi connectivity index (χ1) is 13.1. The number of aryl methyl sites for hydroxylation is 2. The Labute approximate surface area is 164 Å². The summed E-state index contributed by atoms with van der Waals surface area (Å²) in [7, 11) is 0. The smallest absolute Gasteiger partial charge is 0.250 e. The predicted molar refractivity (Wildman–Crippen MR) is 111 cm³/mol. The van der Waals surface area contributed by atoms with Crippen molar-refractivity contribution in [3.05, 3.63) is 59.0 Å². The van der Waals surface area contributed by atoms with Crippen LogP contribution in [0.25, 0.3) is 15.9 Å². The van der Waals surface area contributed by atoms with Crippen molar-refractivity contribution in [3.63, 3.8) is 0 Å². The third-order valence-corrected chi connectivity index (χ3v) is 6.07. The molecule has 6 nitrogen and oxygen atoms in total. The summed E-state index contributed by atoms with van der Waals surface area (Å²) < 4.78 is 2.03. The fourth-order valence-corrected chi connectivity index (χ4v) is 4.56. The van der Waals surface area contributed by atoms with E-state index in [0.717, 1.165) is 37.8 Å². The van der Waals surface area contributed by atoms with E-state index in [-0.39, 0.29) is 11.7 Å². The maximum absolute atomic E-state index is 12.2. The number of amides is 1. The molecule has 0 aliphatic carbocycles. The maximum Gasteiger partial charge on any atom is 0.250 e. The summed E-state index contributed by atoms with van der Waals surface area (Å²) in [5, 5.41) is 7.22. The molecule has 0 atom stereocenters. The average Bonchev–Trinajstić information content (AvgIpc) is 3.19.